The highest BCUT2D eigenvalue weighted by Crippen LogP contribution is 2.22. The first-order valence-corrected chi connectivity index (χ1v) is 3.57. The zero-order valence-corrected chi connectivity index (χ0v) is 7.13. The largest absolute Gasteiger partial charge is 0.206 e. The standard InChI is InChI=1S/C9H9F3/c1-4-5(2)8(11)9(12)6(3)7(4)10/h1-3H3. The van der Waals surface area contributed by atoms with Gasteiger partial charge in [0, 0.05) is 5.56 Å². The van der Waals surface area contributed by atoms with Gasteiger partial charge in [-0.15, -0.1) is 0 Å². The zero-order valence-electron chi connectivity index (χ0n) is 7.13. The van der Waals surface area contributed by atoms with E-state index in [2.05, 4.69) is 0 Å². The molecule has 3 heteroatoms. The second-order valence-corrected chi connectivity index (χ2v) is 2.82. The number of benzene rings is 1. The monoisotopic (exact) mass is 174 g/mol. The molecule has 0 aromatic heterocycles. The van der Waals surface area contributed by atoms with Gasteiger partial charge >= 0.3 is 0 Å². The smallest absolute Gasteiger partial charge is 0.164 e. The minimum atomic E-state index is -1.09. The molecule has 1 aromatic carbocycles. The Morgan fingerprint density at radius 3 is 1.42 bits per heavy atom. The van der Waals surface area contributed by atoms with Gasteiger partial charge in [-0.1, -0.05) is 0 Å². The van der Waals surface area contributed by atoms with Crippen LogP contribution in [0.5, 0.6) is 0 Å². The zero-order chi connectivity index (χ0) is 9.46. The fourth-order valence-electron chi connectivity index (χ4n) is 1.04. The van der Waals surface area contributed by atoms with Crippen LogP contribution in [0.15, 0.2) is 0 Å². The molecule has 0 amide bonds. The topological polar surface area (TPSA) is 0 Å². The van der Waals surface area contributed by atoms with E-state index in [1.807, 2.05) is 0 Å². The minimum absolute atomic E-state index is 0.0376. The van der Waals surface area contributed by atoms with Gasteiger partial charge in [-0.05, 0) is 31.9 Å². The van der Waals surface area contributed by atoms with Gasteiger partial charge in [-0.25, -0.2) is 13.2 Å². The molecule has 0 atom stereocenters. The van der Waals surface area contributed by atoms with Crippen LogP contribution in [0.1, 0.15) is 16.7 Å². The van der Waals surface area contributed by atoms with E-state index in [1.54, 1.807) is 0 Å². The number of hydrogen-bond acceptors (Lipinski definition) is 0. The predicted octanol–water partition coefficient (Wildman–Crippen LogP) is 3.03. The molecule has 1 rings (SSSR count). The molecule has 1 aromatic rings. The van der Waals surface area contributed by atoms with Crippen molar-refractivity contribution in [2.45, 2.75) is 20.8 Å². The molecule has 0 N–H and O–H groups in total. The molecule has 0 radical (unpaired) electrons. The van der Waals surface area contributed by atoms with Crippen molar-refractivity contribution in [3.05, 3.63) is 34.1 Å². The summed E-state index contributed by atoms with van der Waals surface area (Å²) in [6.45, 7) is 4.01. The molecule has 0 unspecified atom stereocenters. The van der Waals surface area contributed by atoms with Crippen LogP contribution in [0, 0.1) is 38.2 Å². The Balaban J connectivity index is 3.60. The lowest BCUT2D eigenvalue weighted by Gasteiger charge is -2.07. The minimum Gasteiger partial charge on any atom is -0.206 e. The van der Waals surface area contributed by atoms with Gasteiger partial charge in [-0.2, -0.15) is 0 Å². The summed E-state index contributed by atoms with van der Waals surface area (Å²) < 4.78 is 38.7. The van der Waals surface area contributed by atoms with E-state index >= 15 is 0 Å². The van der Waals surface area contributed by atoms with Crippen LogP contribution in [0.25, 0.3) is 0 Å². The van der Waals surface area contributed by atoms with Gasteiger partial charge in [0.05, 0.1) is 0 Å². The van der Waals surface area contributed by atoms with Gasteiger partial charge in [0.15, 0.2) is 11.6 Å². The van der Waals surface area contributed by atoms with Crippen molar-refractivity contribution in [3.63, 3.8) is 0 Å². The third kappa shape index (κ3) is 1.09. The molecule has 66 valence electrons. The lowest BCUT2D eigenvalue weighted by atomic mass is 10.0. The molecule has 0 nitrogen and oxygen atoms in total. The van der Waals surface area contributed by atoms with Crippen molar-refractivity contribution >= 4 is 0 Å². The average molecular weight is 174 g/mol. The van der Waals surface area contributed by atoms with E-state index < -0.39 is 17.5 Å². The molecule has 0 bridgehead atoms. The molecular weight excluding hydrogens is 165 g/mol. The van der Waals surface area contributed by atoms with Crippen molar-refractivity contribution in [2.24, 2.45) is 0 Å². The molecule has 0 heterocycles. The van der Waals surface area contributed by atoms with Crippen LogP contribution in [-0.2, 0) is 0 Å². The van der Waals surface area contributed by atoms with E-state index in [9.17, 15) is 13.2 Å². The van der Waals surface area contributed by atoms with Crippen LogP contribution in [0.4, 0.5) is 13.2 Å². The fourth-order valence-corrected chi connectivity index (χ4v) is 1.04. The maximum atomic E-state index is 13.0. The van der Waals surface area contributed by atoms with Crippen molar-refractivity contribution in [3.8, 4) is 0 Å². The van der Waals surface area contributed by atoms with Gasteiger partial charge in [-0.3, -0.25) is 0 Å². The van der Waals surface area contributed by atoms with E-state index in [4.69, 9.17) is 0 Å². The second kappa shape index (κ2) is 2.81. The lowest BCUT2D eigenvalue weighted by Crippen LogP contribution is -2.01. The molecular formula is C9H9F3. The molecule has 12 heavy (non-hydrogen) atoms. The summed E-state index contributed by atoms with van der Waals surface area (Å²) in [6, 6.07) is 0. The molecule has 0 aliphatic heterocycles. The van der Waals surface area contributed by atoms with Crippen LogP contribution >= 0.6 is 0 Å². The first-order chi connectivity index (χ1) is 5.46. The lowest BCUT2D eigenvalue weighted by molar-refractivity contribution is 0.477. The highest BCUT2D eigenvalue weighted by atomic mass is 19.2. The average Bonchev–Trinajstić information content (AvgIpc) is 2.08. The molecule has 0 aliphatic carbocycles. The summed E-state index contributed by atoms with van der Waals surface area (Å²) in [6.07, 6.45) is 0. The normalized spacial score (nSPS) is 10.5. The molecule has 0 aliphatic rings. The Morgan fingerprint density at radius 2 is 0.917 bits per heavy atom. The number of hydrogen-bond donors (Lipinski definition) is 0. The highest BCUT2D eigenvalue weighted by Gasteiger charge is 2.16. The van der Waals surface area contributed by atoms with Gasteiger partial charge in [0.1, 0.15) is 5.82 Å². The Hall–Kier alpha value is -0.990. The molecule has 0 saturated carbocycles. The van der Waals surface area contributed by atoms with Crippen molar-refractivity contribution in [2.75, 3.05) is 0 Å². The van der Waals surface area contributed by atoms with E-state index in [1.165, 1.54) is 20.8 Å². The SMILES string of the molecule is Cc1c(C)c(F)c(F)c(C)c1F. The Kier molecular flexibility index (Phi) is 2.13. The van der Waals surface area contributed by atoms with E-state index in [0.29, 0.717) is 0 Å². The van der Waals surface area contributed by atoms with Crippen molar-refractivity contribution in [1.82, 2.24) is 0 Å². The number of halogens is 3. The fraction of sp³-hybridized carbons (Fsp3) is 0.333. The van der Waals surface area contributed by atoms with Crippen molar-refractivity contribution in [1.29, 1.82) is 0 Å². The third-order valence-corrected chi connectivity index (χ3v) is 2.07. The Bertz CT molecular complexity index is 224. The van der Waals surface area contributed by atoms with Crippen LogP contribution in [0.2, 0.25) is 0 Å². The summed E-state index contributed by atoms with van der Waals surface area (Å²) in [4.78, 5) is 0. The highest BCUT2D eigenvalue weighted by molar-refractivity contribution is 5.33. The van der Waals surface area contributed by atoms with Crippen LogP contribution in [-0.4, -0.2) is 0 Å². The summed E-state index contributed by atoms with van der Waals surface area (Å²) in [7, 11) is 0. The van der Waals surface area contributed by atoms with E-state index in [-0.39, 0.29) is 16.7 Å². The van der Waals surface area contributed by atoms with Gasteiger partial charge < -0.3 is 0 Å². The molecule has 0 fully saturated rings. The summed E-state index contributed by atoms with van der Waals surface area (Å²) in [5.74, 6) is -2.70. The first kappa shape index (κ1) is 9.10. The summed E-state index contributed by atoms with van der Waals surface area (Å²) in [5.41, 5.74) is -0.0439. The summed E-state index contributed by atoms with van der Waals surface area (Å²) in [5, 5.41) is 0. The molecule has 0 saturated heterocycles. The molecule has 0 spiro atoms. The number of rotatable bonds is 0. The van der Waals surface area contributed by atoms with Crippen LogP contribution in [0.3, 0.4) is 0 Å². The van der Waals surface area contributed by atoms with Crippen LogP contribution < -0.4 is 0 Å². The Labute approximate surface area is 69.0 Å². The second-order valence-electron chi connectivity index (χ2n) is 2.82. The predicted molar refractivity (Wildman–Crippen MR) is 40.5 cm³/mol. The summed E-state index contributed by atoms with van der Waals surface area (Å²) >= 11 is 0. The third-order valence-electron chi connectivity index (χ3n) is 2.07. The Morgan fingerprint density at radius 1 is 0.583 bits per heavy atom. The van der Waals surface area contributed by atoms with Gasteiger partial charge in [0.2, 0.25) is 0 Å². The quantitative estimate of drug-likeness (QED) is 0.530. The van der Waals surface area contributed by atoms with E-state index in [0.717, 1.165) is 0 Å². The first-order valence-electron chi connectivity index (χ1n) is 3.57. The van der Waals surface area contributed by atoms with Gasteiger partial charge in [0.25, 0.3) is 0 Å². The van der Waals surface area contributed by atoms with Crippen molar-refractivity contribution < 1.29 is 13.2 Å². The maximum absolute atomic E-state index is 13.0. The maximum Gasteiger partial charge on any atom is 0.164 e.